The minimum absolute atomic E-state index is 0. The largest absolute Gasteiger partial charge is 0.373 e. The quantitative estimate of drug-likeness (QED) is 0.713. The molecule has 0 bridgehead atoms. The number of nitrogens with zero attached hydrogens (tertiary/aromatic N) is 1. The minimum atomic E-state index is -0.0642. The lowest BCUT2D eigenvalue weighted by Crippen LogP contribution is -2.57. The van der Waals surface area contributed by atoms with Crippen LogP contribution in [0.4, 0.5) is 0 Å². The number of morpholine rings is 1. The highest BCUT2D eigenvalue weighted by Gasteiger charge is 2.33. The highest BCUT2D eigenvalue weighted by molar-refractivity contribution is 5.85. The molecule has 1 saturated heterocycles. The fourth-order valence-electron chi connectivity index (χ4n) is 2.75. The standard InChI is InChI=1S/C14H29N3O2.2ClH/c1-10(2)13(14(18)16-7-6-15-5)17-8-11(3)19-12(4)9-17;;/h10-13,15H,6-9H2,1-5H3,(H,16,18);2*1H. The summed E-state index contributed by atoms with van der Waals surface area (Å²) in [6, 6.07) is -0.0642. The first-order valence-corrected chi connectivity index (χ1v) is 7.27. The molecule has 1 aliphatic heterocycles. The van der Waals surface area contributed by atoms with Crippen molar-refractivity contribution in [3.05, 3.63) is 0 Å². The van der Waals surface area contributed by atoms with Crippen LogP contribution in [-0.2, 0) is 9.53 Å². The zero-order valence-corrected chi connectivity index (χ0v) is 15.4. The molecule has 1 aliphatic rings. The summed E-state index contributed by atoms with van der Waals surface area (Å²) in [4.78, 5) is 14.6. The molecule has 21 heavy (non-hydrogen) atoms. The van der Waals surface area contributed by atoms with Gasteiger partial charge in [-0.2, -0.15) is 0 Å². The summed E-state index contributed by atoms with van der Waals surface area (Å²) >= 11 is 0. The van der Waals surface area contributed by atoms with Crippen LogP contribution >= 0.6 is 24.8 Å². The molecule has 3 unspecified atom stereocenters. The lowest BCUT2D eigenvalue weighted by atomic mass is 9.99. The number of carbonyl (C=O) groups excluding carboxylic acids is 1. The second kappa shape index (κ2) is 11.5. The number of halogens is 2. The van der Waals surface area contributed by atoms with Gasteiger partial charge in [0.15, 0.2) is 0 Å². The van der Waals surface area contributed by atoms with Crippen molar-refractivity contribution in [2.45, 2.75) is 45.9 Å². The van der Waals surface area contributed by atoms with E-state index in [-0.39, 0.29) is 49.0 Å². The Morgan fingerprint density at radius 2 is 1.71 bits per heavy atom. The zero-order chi connectivity index (χ0) is 14.4. The van der Waals surface area contributed by atoms with Crippen LogP contribution in [0.3, 0.4) is 0 Å². The van der Waals surface area contributed by atoms with Gasteiger partial charge in [0, 0.05) is 26.2 Å². The SMILES string of the molecule is CNCCNC(=O)C(C(C)C)N1CC(C)OC(C)C1.Cl.Cl. The topological polar surface area (TPSA) is 53.6 Å². The fourth-order valence-corrected chi connectivity index (χ4v) is 2.75. The maximum atomic E-state index is 12.4. The Hall–Kier alpha value is -0.0700. The molecule has 0 saturated carbocycles. The summed E-state index contributed by atoms with van der Waals surface area (Å²) in [5.74, 6) is 0.429. The van der Waals surface area contributed by atoms with Crippen molar-refractivity contribution in [3.8, 4) is 0 Å². The first-order valence-electron chi connectivity index (χ1n) is 7.27. The summed E-state index contributed by atoms with van der Waals surface area (Å²) in [5, 5.41) is 6.04. The van der Waals surface area contributed by atoms with Crippen LogP contribution in [0.2, 0.25) is 0 Å². The van der Waals surface area contributed by atoms with Crippen molar-refractivity contribution in [1.82, 2.24) is 15.5 Å². The van der Waals surface area contributed by atoms with Gasteiger partial charge in [-0.15, -0.1) is 24.8 Å². The molecule has 0 aromatic carbocycles. The van der Waals surface area contributed by atoms with E-state index in [4.69, 9.17) is 4.74 Å². The molecule has 1 heterocycles. The smallest absolute Gasteiger partial charge is 0.237 e. The Bertz CT molecular complexity index is 283. The fraction of sp³-hybridized carbons (Fsp3) is 0.929. The van der Waals surface area contributed by atoms with Crippen molar-refractivity contribution in [2.24, 2.45) is 5.92 Å². The second-order valence-corrected chi connectivity index (χ2v) is 5.79. The van der Waals surface area contributed by atoms with Gasteiger partial charge in [-0.1, -0.05) is 13.8 Å². The molecule has 0 aromatic rings. The average Bonchev–Trinajstić information content (AvgIpc) is 2.27. The van der Waals surface area contributed by atoms with Gasteiger partial charge in [-0.05, 0) is 26.8 Å². The first-order chi connectivity index (χ1) is 8.95. The average molecular weight is 344 g/mol. The van der Waals surface area contributed by atoms with Gasteiger partial charge in [-0.25, -0.2) is 0 Å². The Balaban J connectivity index is 0. The highest BCUT2D eigenvalue weighted by atomic mass is 35.5. The molecule has 0 aliphatic carbocycles. The minimum Gasteiger partial charge on any atom is -0.373 e. The van der Waals surface area contributed by atoms with Crippen LogP contribution in [0, 0.1) is 5.92 Å². The number of hydrogen-bond acceptors (Lipinski definition) is 4. The Morgan fingerprint density at radius 1 is 1.19 bits per heavy atom. The van der Waals surface area contributed by atoms with E-state index in [9.17, 15) is 4.79 Å². The summed E-state index contributed by atoms with van der Waals surface area (Å²) < 4.78 is 5.74. The number of carbonyl (C=O) groups is 1. The van der Waals surface area contributed by atoms with Gasteiger partial charge in [0.25, 0.3) is 0 Å². The Kier molecular flexibility index (Phi) is 12.7. The van der Waals surface area contributed by atoms with Gasteiger partial charge >= 0.3 is 0 Å². The van der Waals surface area contributed by atoms with E-state index in [2.05, 4.69) is 43.2 Å². The van der Waals surface area contributed by atoms with Crippen LogP contribution in [0.5, 0.6) is 0 Å². The van der Waals surface area contributed by atoms with Crippen LogP contribution in [-0.4, -0.2) is 62.3 Å². The van der Waals surface area contributed by atoms with E-state index in [0.717, 1.165) is 19.6 Å². The third-order valence-corrected chi connectivity index (χ3v) is 3.42. The summed E-state index contributed by atoms with van der Waals surface area (Å²) in [5.41, 5.74) is 0. The van der Waals surface area contributed by atoms with Gasteiger partial charge < -0.3 is 15.4 Å². The van der Waals surface area contributed by atoms with Crippen LogP contribution in [0.1, 0.15) is 27.7 Å². The number of amides is 1. The van der Waals surface area contributed by atoms with Crippen molar-refractivity contribution in [1.29, 1.82) is 0 Å². The lowest BCUT2D eigenvalue weighted by molar-refractivity contribution is -0.135. The molecule has 3 atom stereocenters. The van der Waals surface area contributed by atoms with Crippen molar-refractivity contribution in [3.63, 3.8) is 0 Å². The highest BCUT2D eigenvalue weighted by Crippen LogP contribution is 2.18. The number of likely N-dealkylation sites (N-methyl/N-ethyl adjacent to an activating group) is 1. The van der Waals surface area contributed by atoms with E-state index in [1.807, 2.05) is 7.05 Å². The number of nitrogens with one attached hydrogen (secondary N) is 2. The molecule has 7 heteroatoms. The normalized spacial score (nSPS) is 23.9. The van der Waals surface area contributed by atoms with Crippen LogP contribution in [0.15, 0.2) is 0 Å². The van der Waals surface area contributed by atoms with Crippen molar-refractivity contribution >= 4 is 30.7 Å². The monoisotopic (exact) mass is 343 g/mol. The van der Waals surface area contributed by atoms with E-state index < -0.39 is 0 Å². The second-order valence-electron chi connectivity index (χ2n) is 5.79. The first kappa shape index (κ1) is 23.2. The molecular weight excluding hydrogens is 313 g/mol. The van der Waals surface area contributed by atoms with Crippen LogP contribution < -0.4 is 10.6 Å². The molecule has 1 amide bonds. The summed E-state index contributed by atoms with van der Waals surface area (Å²) in [6.45, 7) is 11.5. The molecule has 0 radical (unpaired) electrons. The third-order valence-electron chi connectivity index (χ3n) is 3.42. The maximum absolute atomic E-state index is 12.4. The predicted octanol–water partition coefficient (Wildman–Crippen LogP) is 1.30. The maximum Gasteiger partial charge on any atom is 0.237 e. The van der Waals surface area contributed by atoms with Gasteiger partial charge in [-0.3, -0.25) is 9.69 Å². The van der Waals surface area contributed by atoms with Crippen molar-refractivity contribution < 1.29 is 9.53 Å². The van der Waals surface area contributed by atoms with E-state index >= 15 is 0 Å². The van der Waals surface area contributed by atoms with E-state index in [1.54, 1.807) is 0 Å². The molecular formula is C14H31Cl2N3O2. The van der Waals surface area contributed by atoms with Gasteiger partial charge in [0.05, 0.1) is 18.2 Å². The van der Waals surface area contributed by atoms with Crippen LogP contribution in [0.25, 0.3) is 0 Å². The Labute approximate surface area is 141 Å². The molecule has 2 N–H and O–H groups in total. The molecule has 1 fully saturated rings. The summed E-state index contributed by atoms with van der Waals surface area (Å²) in [6.07, 6.45) is 0.380. The number of hydrogen-bond donors (Lipinski definition) is 2. The lowest BCUT2D eigenvalue weighted by Gasteiger charge is -2.41. The molecule has 0 spiro atoms. The zero-order valence-electron chi connectivity index (χ0n) is 13.7. The van der Waals surface area contributed by atoms with E-state index in [1.165, 1.54) is 0 Å². The number of rotatable bonds is 6. The number of ether oxygens (including phenoxy) is 1. The molecule has 5 nitrogen and oxygen atoms in total. The summed E-state index contributed by atoms with van der Waals surface area (Å²) in [7, 11) is 1.89. The van der Waals surface area contributed by atoms with Gasteiger partial charge in [0.1, 0.15) is 0 Å². The van der Waals surface area contributed by atoms with E-state index in [0.29, 0.717) is 12.5 Å². The third kappa shape index (κ3) is 7.66. The molecule has 1 rings (SSSR count). The van der Waals surface area contributed by atoms with Crippen molar-refractivity contribution in [2.75, 3.05) is 33.2 Å². The molecule has 0 aromatic heterocycles. The predicted molar refractivity (Wildman–Crippen MR) is 91.6 cm³/mol. The molecule has 128 valence electrons. The van der Waals surface area contributed by atoms with Gasteiger partial charge in [0.2, 0.25) is 5.91 Å². The Morgan fingerprint density at radius 3 is 2.14 bits per heavy atom.